The highest BCUT2D eigenvalue weighted by Crippen LogP contribution is 2.07. The van der Waals surface area contributed by atoms with Gasteiger partial charge < -0.3 is 4.90 Å². The molecule has 0 unspecified atom stereocenters. The first-order valence-electron chi connectivity index (χ1n) is 5.21. The van der Waals surface area contributed by atoms with Gasteiger partial charge in [-0.2, -0.15) is 0 Å². The van der Waals surface area contributed by atoms with Crippen LogP contribution >= 0.6 is 0 Å². The number of carbonyl (C=O) groups is 1. The lowest BCUT2D eigenvalue weighted by atomic mass is 10.4. The Hall–Kier alpha value is -1.26. The van der Waals surface area contributed by atoms with Crippen LogP contribution in [-0.2, 0) is 4.79 Å². The van der Waals surface area contributed by atoms with Crippen molar-refractivity contribution < 1.29 is 4.79 Å². The second-order valence-electron chi connectivity index (χ2n) is 3.78. The highest BCUT2D eigenvalue weighted by Gasteiger charge is 2.18. The topological polar surface area (TPSA) is 72.3 Å². The Kier molecular flexibility index (Phi) is 4.93. The lowest BCUT2D eigenvalue weighted by Crippen LogP contribution is -2.38. The number of amides is 1. The first-order valence-corrected chi connectivity index (χ1v) is 5.21. The molecule has 1 saturated heterocycles. The van der Waals surface area contributed by atoms with Gasteiger partial charge in [-0.05, 0) is 25.4 Å². The van der Waals surface area contributed by atoms with Gasteiger partial charge in [0.2, 0.25) is 5.91 Å². The fourth-order valence-corrected chi connectivity index (χ4v) is 1.64. The van der Waals surface area contributed by atoms with Crippen LogP contribution in [0.15, 0.2) is 5.11 Å². The molecule has 1 rings (SSSR count). The Morgan fingerprint density at radius 1 is 1.53 bits per heavy atom. The molecule has 0 aromatic heterocycles. The van der Waals surface area contributed by atoms with Gasteiger partial charge >= 0.3 is 0 Å². The molecule has 0 atom stereocenters. The first kappa shape index (κ1) is 11.8. The number of rotatable bonds is 5. The monoisotopic (exact) mass is 211 g/mol. The number of azide groups is 1. The van der Waals surface area contributed by atoms with Gasteiger partial charge in [-0.1, -0.05) is 5.11 Å². The summed E-state index contributed by atoms with van der Waals surface area (Å²) in [4.78, 5) is 18.1. The van der Waals surface area contributed by atoms with Crippen molar-refractivity contribution in [2.45, 2.75) is 12.8 Å². The van der Waals surface area contributed by atoms with Gasteiger partial charge in [-0.3, -0.25) is 9.69 Å². The molecule has 0 N–H and O–H groups in total. The maximum atomic E-state index is 11.7. The van der Waals surface area contributed by atoms with Crippen molar-refractivity contribution in [1.29, 1.82) is 0 Å². The number of likely N-dealkylation sites (N-methyl/N-ethyl adjacent to an activating group) is 1. The van der Waals surface area contributed by atoms with Crippen molar-refractivity contribution in [3.63, 3.8) is 0 Å². The van der Waals surface area contributed by atoms with Gasteiger partial charge in [0.25, 0.3) is 0 Å². The average molecular weight is 211 g/mol. The molecule has 6 heteroatoms. The van der Waals surface area contributed by atoms with E-state index >= 15 is 0 Å². The third kappa shape index (κ3) is 4.18. The maximum absolute atomic E-state index is 11.7. The third-order valence-corrected chi connectivity index (χ3v) is 2.51. The molecular weight excluding hydrogens is 194 g/mol. The second-order valence-corrected chi connectivity index (χ2v) is 3.78. The van der Waals surface area contributed by atoms with Crippen molar-refractivity contribution >= 4 is 5.91 Å². The van der Waals surface area contributed by atoms with Crippen molar-refractivity contribution in [1.82, 2.24) is 9.80 Å². The Labute approximate surface area is 89.5 Å². The van der Waals surface area contributed by atoms with Crippen LogP contribution in [-0.4, -0.2) is 55.5 Å². The van der Waals surface area contributed by atoms with E-state index in [1.807, 2.05) is 16.8 Å². The summed E-state index contributed by atoms with van der Waals surface area (Å²) in [5, 5.41) is 3.43. The van der Waals surface area contributed by atoms with Gasteiger partial charge in [-0.15, -0.1) is 0 Å². The van der Waals surface area contributed by atoms with Crippen molar-refractivity contribution in [2.75, 3.05) is 39.8 Å². The minimum absolute atomic E-state index is 0.177. The van der Waals surface area contributed by atoms with Crippen LogP contribution in [0.25, 0.3) is 10.4 Å². The number of hydrogen-bond donors (Lipinski definition) is 0. The minimum Gasteiger partial charge on any atom is -0.342 e. The van der Waals surface area contributed by atoms with E-state index < -0.39 is 0 Å². The first-order chi connectivity index (χ1) is 7.24. The van der Waals surface area contributed by atoms with E-state index in [1.165, 1.54) is 0 Å². The smallest absolute Gasteiger partial charge is 0.236 e. The molecule has 0 aromatic rings. The summed E-state index contributed by atoms with van der Waals surface area (Å²) in [7, 11) is 1.86. The molecule has 0 bridgehead atoms. The van der Waals surface area contributed by atoms with Crippen molar-refractivity contribution in [2.24, 2.45) is 5.11 Å². The molecule has 0 aromatic carbocycles. The zero-order valence-corrected chi connectivity index (χ0v) is 9.09. The summed E-state index contributed by atoms with van der Waals surface area (Å²) in [6, 6.07) is 0. The SMILES string of the molecule is CN(CCN=[N+]=[N-])CC(=O)N1CCCC1. The number of nitrogens with zero attached hydrogens (tertiary/aromatic N) is 5. The van der Waals surface area contributed by atoms with Gasteiger partial charge in [0.15, 0.2) is 0 Å². The lowest BCUT2D eigenvalue weighted by Gasteiger charge is -2.20. The van der Waals surface area contributed by atoms with E-state index in [1.54, 1.807) is 0 Å². The fraction of sp³-hybridized carbons (Fsp3) is 0.889. The van der Waals surface area contributed by atoms with Crippen LogP contribution in [0, 0.1) is 0 Å². The van der Waals surface area contributed by atoms with E-state index in [4.69, 9.17) is 5.53 Å². The third-order valence-electron chi connectivity index (χ3n) is 2.51. The highest BCUT2D eigenvalue weighted by atomic mass is 16.2. The van der Waals surface area contributed by atoms with Gasteiger partial charge in [0, 0.05) is 31.1 Å². The number of likely N-dealkylation sites (tertiary alicyclic amines) is 1. The van der Waals surface area contributed by atoms with Crippen LogP contribution in [0.3, 0.4) is 0 Å². The van der Waals surface area contributed by atoms with Crippen LogP contribution in [0.4, 0.5) is 0 Å². The fourth-order valence-electron chi connectivity index (χ4n) is 1.64. The van der Waals surface area contributed by atoms with Crippen molar-refractivity contribution in [3.8, 4) is 0 Å². The zero-order chi connectivity index (χ0) is 11.1. The van der Waals surface area contributed by atoms with E-state index in [0.29, 0.717) is 19.6 Å². The predicted octanol–water partition coefficient (Wildman–Crippen LogP) is 0.851. The molecule has 84 valence electrons. The standard InChI is InChI=1S/C9H17N5O/c1-13(7-4-11-12-10)8-9(15)14-5-2-3-6-14/h2-8H2,1H3. The molecule has 6 nitrogen and oxygen atoms in total. The Bertz CT molecular complexity index is 255. The molecule has 0 radical (unpaired) electrons. The maximum Gasteiger partial charge on any atom is 0.236 e. The summed E-state index contributed by atoms with van der Waals surface area (Å²) in [5.41, 5.74) is 8.10. The lowest BCUT2D eigenvalue weighted by molar-refractivity contribution is -0.131. The van der Waals surface area contributed by atoms with E-state index in [2.05, 4.69) is 10.0 Å². The molecule has 0 spiro atoms. The molecule has 0 saturated carbocycles. The summed E-state index contributed by atoms with van der Waals surface area (Å²) >= 11 is 0. The highest BCUT2D eigenvalue weighted by molar-refractivity contribution is 5.78. The predicted molar refractivity (Wildman–Crippen MR) is 57.3 cm³/mol. The Balaban J connectivity index is 2.21. The summed E-state index contributed by atoms with van der Waals surface area (Å²) in [6.07, 6.45) is 2.24. The van der Waals surface area contributed by atoms with Crippen LogP contribution in [0.5, 0.6) is 0 Å². The van der Waals surface area contributed by atoms with Crippen molar-refractivity contribution in [3.05, 3.63) is 10.4 Å². The van der Waals surface area contributed by atoms with Crippen LogP contribution < -0.4 is 0 Å². The van der Waals surface area contributed by atoms with Gasteiger partial charge in [0.1, 0.15) is 0 Å². The molecule has 1 heterocycles. The Morgan fingerprint density at radius 2 is 2.20 bits per heavy atom. The van der Waals surface area contributed by atoms with Crippen LogP contribution in [0.2, 0.25) is 0 Å². The molecule has 1 aliphatic rings. The van der Waals surface area contributed by atoms with Gasteiger partial charge in [-0.25, -0.2) is 0 Å². The largest absolute Gasteiger partial charge is 0.342 e. The quantitative estimate of drug-likeness (QED) is 0.384. The molecule has 1 amide bonds. The van der Waals surface area contributed by atoms with Gasteiger partial charge in [0.05, 0.1) is 6.54 Å². The number of carbonyl (C=O) groups excluding carboxylic acids is 1. The van der Waals surface area contributed by atoms with E-state index in [0.717, 1.165) is 25.9 Å². The molecule has 0 aliphatic carbocycles. The molecular formula is C9H17N5O. The average Bonchev–Trinajstić information content (AvgIpc) is 2.70. The summed E-state index contributed by atoms with van der Waals surface area (Å²) < 4.78 is 0. The van der Waals surface area contributed by atoms with E-state index in [9.17, 15) is 4.79 Å². The summed E-state index contributed by atoms with van der Waals surface area (Å²) in [6.45, 7) is 3.25. The molecule has 1 aliphatic heterocycles. The van der Waals surface area contributed by atoms with E-state index in [-0.39, 0.29) is 5.91 Å². The normalized spacial score (nSPS) is 15.5. The zero-order valence-electron chi connectivity index (χ0n) is 9.09. The second kappa shape index (κ2) is 6.27. The van der Waals surface area contributed by atoms with Crippen LogP contribution in [0.1, 0.15) is 12.8 Å². The Morgan fingerprint density at radius 3 is 2.80 bits per heavy atom. The molecule has 1 fully saturated rings. The minimum atomic E-state index is 0.177. The summed E-state index contributed by atoms with van der Waals surface area (Å²) in [5.74, 6) is 0.177. The molecule has 15 heavy (non-hydrogen) atoms. The number of hydrogen-bond acceptors (Lipinski definition) is 3.